The smallest absolute Gasteiger partial charge is 0.274 e. The van der Waals surface area contributed by atoms with E-state index in [9.17, 15) is 13.2 Å². The molecule has 0 aliphatic carbocycles. The molecule has 106 valence electrons. The summed E-state index contributed by atoms with van der Waals surface area (Å²) in [5.74, 6) is -0.674. The van der Waals surface area contributed by atoms with Crippen molar-refractivity contribution in [3.8, 4) is 0 Å². The van der Waals surface area contributed by atoms with Gasteiger partial charge in [-0.25, -0.2) is 13.1 Å². The summed E-state index contributed by atoms with van der Waals surface area (Å²) in [6.45, 7) is 1.13. The molecule has 8 heteroatoms. The van der Waals surface area contributed by atoms with Gasteiger partial charge in [0.05, 0.1) is 17.2 Å². The molecule has 1 saturated heterocycles. The molecule has 1 amide bonds. The Hall–Kier alpha value is -0.440. The molecule has 0 spiro atoms. The summed E-state index contributed by atoms with van der Waals surface area (Å²) in [5.41, 5.74) is 0. The highest BCUT2D eigenvalue weighted by atomic mass is 79.9. The number of rotatable bonds is 4. The Morgan fingerprint density at radius 1 is 1.58 bits per heavy atom. The van der Waals surface area contributed by atoms with Crippen LogP contribution in [0.15, 0.2) is 15.9 Å². The predicted molar refractivity (Wildman–Crippen MR) is 76.8 cm³/mol. The molecule has 1 aromatic rings. The van der Waals surface area contributed by atoms with Gasteiger partial charge in [-0.1, -0.05) is 0 Å². The summed E-state index contributed by atoms with van der Waals surface area (Å²) in [7, 11) is -3.61. The van der Waals surface area contributed by atoms with Crippen LogP contribution in [0.3, 0.4) is 0 Å². The van der Waals surface area contributed by atoms with E-state index < -0.39 is 15.9 Å². The van der Waals surface area contributed by atoms with Gasteiger partial charge in [-0.3, -0.25) is 4.79 Å². The third kappa shape index (κ3) is 4.55. The molecule has 0 radical (unpaired) electrons. The number of halogens is 1. The van der Waals surface area contributed by atoms with Crippen LogP contribution in [0.2, 0.25) is 0 Å². The summed E-state index contributed by atoms with van der Waals surface area (Å²) in [4.78, 5) is 12.2. The predicted octanol–water partition coefficient (Wildman–Crippen LogP) is 2.00. The molecule has 1 N–H and O–H groups in total. The van der Waals surface area contributed by atoms with E-state index in [2.05, 4.69) is 20.7 Å². The van der Waals surface area contributed by atoms with Crippen molar-refractivity contribution in [1.82, 2.24) is 4.72 Å². The molecule has 2 rings (SSSR count). The van der Waals surface area contributed by atoms with Crippen molar-refractivity contribution in [3.05, 3.63) is 20.8 Å². The maximum atomic E-state index is 11.9. The second-order valence-corrected chi connectivity index (χ2v) is 8.02. The summed E-state index contributed by atoms with van der Waals surface area (Å²) in [6, 6.07) is 1.60. The minimum Gasteiger partial charge on any atom is -0.381 e. The zero-order valence-electron chi connectivity index (χ0n) is 10.1. The second-order valence-electron chi connectivity index (χ2n) is 4.42. The summed E-state index contributed by atoms with van der Waals surface area (Å²) in [6.07, 6.45) is 1.69. The first-order chi connectivity index (χ1) is 8.96. The van der Waals surface area contributed by atoms with E-state index in [1.54, 1.807) is 11.4 Å². The molecule has 0 aromatic carbocycles. The standard InChI is InChI=1S/C11H14BrNO4S2/c12-9-4-10(18-6-9)11(14)13-19(15,16)7-8-2-1-3-17-5-8/h4,6,8H,1-3,5,7H2,(H,13,14). The van der Waals surface area contributed by atoms with E-state index in [0.717, 1.165) is 17.3 Å². The van der Waals surface area contributed by atoms with Crippen LogP contribution in [0, 0.1) is 5.92 Å². The maximum Gasteiger partial charge on any atom is 0.274 e. The molecule has 1 fully saturated rings. The largest absolute Gasteiger partial charge is 0.381 e. The Balaban J connectivity index is 1.94. The Morgan fingerprint density at radius 2 is 2.37 bits per heavy atom. The van der Waals surface area contributed by atoms with Gasteiger partial charge in [0.1, 0.15) is 0 Å². The lowest BCUT2D eigenvalue weighted by atomic mass is 10.1. The van der Waals surface area contributed by atoms with E-state index >= 15 is 0 Å². The summed E-state index contributed by atoms with van der Waals surface area (Å²) >= 11 is 4.42. The van der Waals surface area contributed by atoms with E-state index in [0.29, 0.717) is 18.1 Å². The fourth-order valence-electron chi connectivity index (χ4n) is 1.91. The minimum absolute atomic E-state index is 0.0332. The Morgan fingerprint density at radius 3 is 2.95 bits per heavy atom. The van der Waals surface area contributed by atoms with Crippen LogP contribution < -0.4 is 4.72 Å². The van der Waals surface area contributed by atoms with Crippen LogP contribution in [-0.2, 0) is 14.8 Å². The molecule has 1 aliphatic rings. The number of hydrogen-bond donors (Lipinski definition) is 1. The summed E-state index contributed by atoms with van der Waals surface area (Å²) < 4.78 is 31.9. The first-order valence-corrected chi connectivity index (χ1v) is 9.15. The number of thiophene rings is 1. The molecular formula is C11H14BrNO4S2. The Bertz CT molecular complexity index is 549. The second kappa shape index (κ2) is 6.34. The van der Waals surface area contributed by atoms with Crippen LogP contribution in [-0.4, -0.2) is 33.3 Å². The molecule has 1 aliphatic heterocycles. The van der Waals surface area contributed by atoms with Crippen LogP contribution in [0.25, 0.3) is 0 Å². The van der Waals surface area contributed by atoms with Gasteiger partial charge in [0, 0.05) is 16.5 Å². The molecule has 0 saturated carbocycles. The van der Waals surface area contributed by atoms with Gasteiger partial charge >= 0.3 is 0 Å². The van der Waals surface area contributed by atoms with Gasteiger partial charge in [0.2, 0.25) is 10.0 Å². The quantitative estimate of drug-likeness (QED) is 0.882. The van der Waals surface area contributed by atoms with Crippen molar-refractivity contribution in [2.45, 2.75) is 12.8 Å². The average Bonchev–Trinajstić information content (AvgIpc) is 2.76. The van der Waals surface area contributed by atoms with E-state index in [1.807, 2.05) is 0 Å². The van der Waals surface area contributed by atoms with Crippen molar-refractivity contribution in [1.29, 1.82) is 0 Å². The molecule has 19 heavy (non-hydrogen) atoms. The molecule has 0 bridgehead atoms. The van der Waals surface area contributed by atoms with Crippen molar-refractivity contribution in [2.75, 3.05) is 19.0 Å². The number of hydrogen-bond acceptors (Lipinski definition) is 5. The summed E-state index contributed by atoms with van der Waals surface area (Å²) in [5, 5.41) is 1.73. The normalized spacial score (nSPS) is 20.2. The number of sulfonamides is 1. The lowest BCUT2D eigenvalue weighted by Gasteiger charge is -2.21. The monoisotopic (exact) mass is 367 g/mol. The zero-order valence-corrected chi connectivity index (χ0v) is 13.3. The van der Waals surface area contributed by atoms with Gasteiger partial charge in [-0.2, -0.15) is 0 Å². The highest BCUT2D eigenvalue weighted by molar-refractivity contribution is 9.10. The number of carbonyl (C=O) groups is 1. The average molecular weight is 368 g/mol. The zero-order chi connectivity index (χ0) is 13.9. The minimum atomic E-state index is -3.61. The lowest BCUT2D eigenvalue weighted by molar-refractivity contribution is 0.0624. The molecule has 1 aromatic heterocycles. The topological polar surface area (TPSA) is 72.5 Å². The van der Waals surface area contributed by atoms with Gasteiger partial charge in [-0.05, 0) is 40.8 Å². The van der Waals surface area contributed by atoms with Crippen molar-refractivity contribution < 1.29 is 17.9 Å². The molecule has 1 unspecified atom stereocenters. The Kier molecular flexibility index (Phi) is 4.99. The highest BCUT2D eigenvalue weighted by Gasteiger charge is 2.24. The van der Waals surface area contributed by atoms with Gasteiger partial charge < -0.3 is 4.74 Å². The lowest BCUT2D eigenvalue weighted by Crippen LogP contribution is -2.36. The highest BCUT2D eigenvalue weighted by Crippen LogP contribution is 2.20. The Labute approximate surface area is 124 Å². The fourth-order valence-corrected chi connectivity index (χ4v) is 4.66. The van der Waals surface area contributed by atoms with Crippen LogP contribution >= 0.6 is 27.3 Å². The third-order valence-electron chi connectivity index (χ3n) is 2.75. The molecular weight excluding hydrogens is 354 g/mol. The van der Waals surface area contributed by atoms with Crippen LogP contribution in [0.4, 0.5) is 0 Å². The van der Waals surface area contributed by atoms with Crippen molar-refractivity contribution >= 4 is 43.2 Å². The molecule has 2 heterocycles. The van der Waals surface area contributed by atoms with E-state index in [1.165, 1.54) is 11.3 Å². The molecule has 1 atom stereocenters. The van der Waals surface area contributed by atoms with Gasteiger partial charge in [0.15, 0.2) is 0 Å². The number of amides is 1. The SMILES string of the molecule is O=C(NS(=O)(=O)CC1CCCOC1)c1cc(Br)cs1. The van der Waals surface area contributed by atoms with E-state index in [4.69, 9.17) is 4.74 Å². The number of nitrogens with one attached hydrogen (secondary N) is 1. The van der Waals surface area contributed by atoms with Crippen LogP contribution in [0.1, 0.15) is 22.5 Å². The maximum absolute atomic E-state index is 11.9. The van der Waals surface area contributed by atoms with Crippen molar-refractivity contribution in [3.63, 3.8) is 0 Å². The number of carbonyl (C=O) groups excluding carboxylic acids is 1. The first-order valence-electron chi connectivity index (χ1n) is 5.83. The van der Waals surface area contributed by atoms with Crippen molar-refractivity contribution in [2.24, 2.45) is 5.92 Å². The third-order valence-corrected chi connectivity index (χ3v) is 5.85. The van der Waals surface area contributed by atoms with Gasteiger partial charge in [0.25, 0.3) is 5.91 Å². The fraction of sp³-hybridized carbons (Fsp3) is 0.545. The van der Waals surface area contributed by atoms with Gasteiger partial charge in [-0.15, -0.1) is 11.3 Å². The van der Waals surface area contributed by atoms with E-state index in [-0.39, 0.29) is 11.7 Å². The first kappa shape index (κ1) is 15.0. The number of ether oxygens (including phenoxy) is 1. The van der Waals surface area contributed by atoms with Crippen LogP contribution in [0.5, 0.6) is 0 Å². The molecule has 5 nitrogen and oxygen atoms in total.